The van der Waals surface area contributed by atoms with Crippen molar-refractivity contribution < 1.29 is 13.9 Å². The molecule has 0 amide bonds. The van der Waals surface area contributed by atoms with Crippen LogP contribution in [0.25, 0.3) is 22.0 Å². The van der Waals surface area contributed by atoms with Crippen molar-refractivity contribution in [3.05, 3.63) is 64.0 Å². The number of esters is 1. The van der Waals surface area contributed by atoms with Gasteiger partial charge < -0.3 is 4.74 Å². The number of carbonyl (C=O) groups is 1. The summed E-state index contributed by atoms with van der Waals surface area (Å²) in [6.07, 6.45) is 1.43. The molecule has 0 saturated heterocycles. The van der Waals surface area contributed by atoms with Gasteiger partial charge in [-0.05, 0) is 24.3 Å². The standard InChI is InChI=1S/C17H10Cl2FNO2/c1-23-17(22)9-5-6-10-11(7-9)16(21-8-13(10)19)15-12(18)3-2-4-14(15)20/h2-8H,1H3. The second-order valence-electron chi connectivity index (χ2n) is 4.80. The van der Waals surface area contributed by atoms with Gasteiger partial charge in [-0.1, -0.05) is 35.3 Å². The van der Waals surface area contributed by atoms with Crippen LogP contribution < -0.4 is 0 Å². The molecule has 0 radical (unpaired) electrons. The van der Waals surface area contributed by atoms with E-state index in [2.05, 4.69) is 4.98 Å². The zero-order valence-corrected chi connectivity index (χ0v) is 13.5. The quantitative estimate of drug-likeness (QED) is 0.601. The number of nitrogens with zero attached hydrogens (tertiary/aromatic N) is 1. The van der Waals surface area contributed by atoms with Crippen LogP contribution in [0.4, 0.5) is 4.39 Å². The van der Waals surface area contributed by atoms with Gasteiger partial charge in [0, 0.05) is 17.0 Å². The number of hydrogen-bond acceptors (Lipinski definition) is 3. The number of ether oxygens (including phenoxy) is 1. The summed E-state index contributed by atoms with van der Waals surface area (Å²) in [6.45, 7) is 0. The maximum atomic E-state index is 14.2. The van der Waals surface area contributed by atoms with Crippen LogP contribution in [0.15, 0.2) is 42.6 Å². The average Bonchev–Trinajstić information content (AvgIpc) is 2.55. The van der Waals surface area contributed by atoms with Gasteiger partial charge in [-0.3, -0.25) is 4.98 Å². The third-order valence-electron chi connectivity index (χ3n) is 3.46. The first-order chi connectivity index (χ1) is 11.0. The van der Waals surface area contributed by atoms with Crippen LogP contribution in [0.1, 0.15) is 10.4 Å². The predicted molar refractivity (Wildman–Crippen MR) is 88.5 cm³/mol. The molecule has 0 atom stereocenters. The van der Waals surface area contributed by atoms with Crippen molar-refractivity contribution in [2.75, 3.05) is 7.11 Å². The van der Waals surface area contributed by atoms with Gasteiger partial charge in [-0.25, -0.2) is 9.18 Å². The van der Waals surface area contributed by atoms with Crippen LogP contribution in [-0.2, 0) is 4.74 Å². The number of pyridine rings is 1. The van der Waals surface area contributed by atoms with Gasteiger partial charge in [0.15, 0.2) is 0 Å². The minimum absolute atomic E-state index is 0.165. The molecule has 0 bridgehead atoms. The Balaban J connectivity index is 2.37. The largest absolute Gasteiger partial charge is 0.465 e. The van der Waals surface area contributed by atoms with Crippen LogP contribution in [0, 0.1) is 5.82 Å². The van der Waals surface area contributed by atoms with Gasteiger partial charge >= 0.3 is 5.97 Å². The zero-order chi connectivity index (χ0) is 16.6. The maximum Gasteiger partial charge on any atom is 0.337 e. The molecule has 1 heterocycles. The molecular formula is C17H10Cl2FNO2. The molecule has 0 saturated carbocycles. The highest BCUT2D eigenvalue weighted by atomic mass is 35.5. The van der Waals surface area contributed by atoms with Crippen LogP contribution >= 0.6 is 23.2 Å². The molecule has 116 valence electrons. The number of aromatic nitrogens is 1. The first kappa shape index (κ1) is 15.7. The Morgan fingerprint density at radius 1 is 1.13 bits per heavy atom. The Morgan fingerprint density at radius 2 is 1.91 bits per heavy atom. The summed E-state index contributed by atoms with van der Waals surface area (Å²) in [5.41, 5.74) is 0.800. The van der Waals surface area contributed by atoms with E-state index in [0.717, 1.165) is 0 Å². The van der Waals surface area contributed by atoms with Crippen molar-refractivity contribution in [3.8, 4) is 11.3 Å². The number of rotatable bonds is 2. The molecule has 0 spiro atoms. The Hall–Kier alpha value is -2.17. The topological polar surface area (TPSA) is 39.2 Å². The molecule has 0 N–H and O–H groups in total. The summed E-state index contributed by atoms with van der Waals surface area (Å²) in [5, 5.41) is 1.79. The molecule has 0 aliphatic heterocycles. The number of carbonyl (C=O) groups excluding carboxylic acids is 1. The molecule has 3 nitrogen and oxygen atoms in total. The first-order valence-corrected chi connectivity index (χ1v) is 7.39. The van der Waals surface area contributed by atoms with Crippen LogP contribution in [0.3, 0.4) is 0 Å². The Bertz CT molecular complexity index is 908. The highest BCUT2D eigenvalue weighted by Gasteiger charge is 2.17. The van der Waals surface area contributed by atoms with E-state index in [4.69, 9.17) is 27.9 Å². The van der Waals surface area contributed by atoms with Gasteiger partial charge in [-0.2, -0.15) is 0 Å². The number of methoxy groups -OCH3 is 1. The van der Waals surface area contributed by atoms with E-state index >= 15 is 0 Å². The summed E-state index contributed by atoms with van der Waals surface area (Å²) in [7, 11) is 1.29. The van der Waals surface area contributed by atoms with Crippen LogP contribution in [0.5, 0.6) is 0 Å². The van der Waals surface area contributed by atoms with Crippen molar-refractivity contribution in [1.82, 2.24) is 4.98 Å². The molecule has 23 heavy (non-hydrogen) atoms. The second kappa shape index (κ2) is 6.14. The monoisotopic (exact) mass is 349 g/mol. The van der Waals surface area contributed by atoms with Gasteiger partial charge in [0.25, 0.3) is 0 Å². The Labute approximate surface area is 141 Å². The van der Waals surface area contributed by atoms with Crippen molar-refractivity contribution in [1.29, 1.82) is 0 Å². The summed E-state index contributed by atoms with van der Waals surface area (Å²) in [4.78, 5) is 16.0. The van der Waals surface area contributed by atoms with E-state index in [1.807, 2.05) is 0 Å². The number of fused-ring (bicyclic) bond motifs is 1. The van der Waals surface area contributed by atoms with Gasteiger partial charge in [-0.15, -0.1) is 0 Å². The number of halogens is 3. The molecule has 0 aliphatic carbocycles. The molecule has 1 aromatic heterocycles. The fourth-order valence-corrected chi connectivity index (χ4v) is 2.84. The predicted octanol–water partition coefficient (Wildman–Crippen LogP) is 5.13. The fraction of sp³-hybridized carbons (Fsp3) is 0.0588. The number of benzene rings is 2. The molecule has 0 fully saturated rings. The normalized spacial score (nSPS) is 10.8. The smallest absolute Gasteiger partial charge is 0.337 e. The van der Waals surface area contributed by atoms with Gasteiger partial charge in [0.05, 0.1) is 34.0 Å². The van der Waals surface area contributed by atoms with Crippen LogP contribution in [-0.4, -0.2) is 18.1 Å². The average molecular weight is 350 g/mol. The Kier molecular flexibility index (Phi) is 4.20. The third kappa shape index (κ3) is 2.76. The lowest BCUT2D eigenvalue weighted by Gasteiger charge is -2.11. The van der Waals surface area contributed by atoms with E-state index in [1.165, 1.54) is 25.4 Å². The lowest BCUT2D eigenvalue weighted by molar-refractivity contribution is 0.0601. The minimum atomic E-state index is -0.503. The molecule has 3 aromatic rings. The van der Waals surface area contributed by atoms with Gasteiger partial charge in [0.1, 0.15) is 5.82 Å². The third-order valence-corrected chi connectivity index (χ3v) is 4.08. The summed E-state index contributed by atoms with van der Waals surface area (Å²) in [5.74, 6) is -1.01. The van der Waals surface area contributed by atoms with Crippen molar-refractivity contribution in [3.63, 3.8) is 0 Å². The van der Waals surface area contributed by atoms with E-state index in [-0.39, 0.29) is 10.6 Å². The van der Waals surface area contributed by atoms with Crippen LogP contribution in [0.2, 0.25) is 10.0 Å². The lowest BCUT2D eigenvalue weighted by Crippen LogP contribution is -2.01. The number of hydrogen-bond donors (Lipinski definition) is 0. The van der Waals surface area contributed by atoms with Crippen molar-refractivity contribution >= 4 is 39.9 Å². The van der Waals surface area contributed by atoms with E-state index < -0.39 is 11.8 Å². The lowest BCUT2D eigenvalue weighted by atomic mass is 10.0. The highest BCUT2D eigenvalue weighted by Crippen LogP contribution is 2.36. The first-order valence-electron chi connectivity index (χ1n) is 6.64. The molecular weight excluding hydrogens is 340 g/mol. The maximum absolute atomic E-state index is 14.2. The van der Waals surface area contributed by atoms with Crippen molar-refractivity contribution in [2.45, 2.75) is 0 Å². The summed E-state index contributed by atoms with van der Waals surface area (Å²) >= 11 is 12.3. The second-order valence-corrected chi connectivity index (χ2v) is 5.62. The highest BCUT2D eigenvalue weighted by molar-refractivity contribution is 6.36. The molecule has 0 unspecified atom stereocenters. The summed E-state index contributed by atoms with van der Waals surface area (Å²) in [6, 6.07) is 9.22. The molecule has 2 aromatic carbocycles. The SMILES string of the molecule is COC(=O)c1ccc2c(Cl)cnc(-c3c(F)cccc3Cl)c2c1. The van der Waals surface area contributed by atoms with E-state index in [0.29, 0.717) is 27.1 Å². The van der Waals surface area contributed by atoms with Crippen molar-refractivity contribution in [2.24, 2.45) is 0 Å². The molecule has 6 heteroatoms. The summed E-state index contributed by atoms with van der Waals surface area (Å²) < 4.78 is 19.0. The van der Waals surface area contributed by atoms with Gasteiger partial charge in [0.2, 0.25) is 0 Å². The fourth-order valence-electron chi connectivity index (χ4n) is 2.38. The van der Waals surface area contributed by atoms with E-state index in [1.54, 1.807) is 24.3 Å². The molecule has 3 rings (SSSR count). The Morgan fingerprint density at radius 3 is 2.61 bits per heavy atom. The minimum Gasteiger partial charge on any atom is -0.465 e. The van der Waals surface area contributed by atoms with E-state index in [9.17, 15) is 9.18 Å². The molecule has 0 aliphatic rings. The zero-order valence-electron chi connectivity index (χ0n) is 11.9.